The summed E-state index contributed by atoms with van der Waals surface area (Å²) >= 11 is 0. The molecule has 2 aromatic rings. The average molecular weight is 311 g/mol. The largest absolute Gasteiger partial charge is 0.452 e. The van der Waals surface area contributed by atoms with Crippen molar-refractivity contribution in [2.45, 2.75) is 17.6 Å². The van der Waals surface area contributed by atoms with Crippen LogP contribution in [0.3, 0.4) is 0 Å². The van der Waals surface area contributed by atoms with E-state index in [1.807, 2.05) is 13.1 Å². The Kier molecular flexibility index (Phi) is 3.83. The van der Waals surface area contributed by atoms with Crippen LogP contribution in [0, 0.1) is 5.92 Å². The predicted octanol–water partition coefficient (Wildman–Crippen LogP) is 1.07. The monoisotopic (exact) mass is 311 g/mol. The van der Waals surface area contributed by atoms with E-state index >= 15 is 0 Å². The molecule has 0 amide bonds. The standard InChI is InChI=1S/C13H17N3O4S/c1-16-11(4-6-14-16)13-10(5-8-20-13)9-15-21(17,18)12-3-2-7-19-12/h2-4,6-7,10,13,15H,5,8-9H2,1H3/t10-,13+/m0/s1. The van der Waals surface area contributed by atoms with Crippen molar-refractivity contribution in [3.63, 3.8) is 0 Å². The highest BCUT2D eigenvalue weighted by molar-refractivity contribution is 7.89. The third-order valence-electron chi connectivity index (χ3n) is 3.66. The number of furan rings is 1. The number of nitrogens with one attached hydrogen (secondary N) is 1. The maximum atomic E-state index is 12.0. The quantitative estimate of drug-likeness (QED) is 0.892. The molecule has 0 radical (unpaired) electrons. The minimum Gasteiger partial charge on any atom is -0.452 e. The SMILES string of the molecule is Cn1nccc1[C@@H]1OCC[C@H]1CNS(=O)(=O)c1ccco1. The highest BCUT2D eigenvalue weighted by Crippen LogP contribution is 2.33. The number of hydrogen-bond donors (Lipinski definition) is 1. The van der Waals surface area contributed by atoms with Crippen LogP contribution in [-0.4, -0.2) is 31.3 Å². The zero-order valence-electron chi connectivity index (χ0n) is 11.6. The molecular formula is C13H17N3O4S. The molecule has 3 rings (SSSR count). The minimum absolute atomic E-state index is 0.0708. The molecule has 0 unspecified atom stereocenters. The summed E-state index contributed by atoms with van der Waals surface area (Å²) < 4.78 is 39.1. The summed E-state index contributed by atoms with van der Waals surface area (Å²) in [6.07, 6.45) is 3.71. The van der Waals surface area contributed by atoms with Crippen molar-refractivity contribution in [1.82, 2.24) is 14.5 Å². The third-order valence-corrected chi connectivity index (χ3v) is 4.97. The molecule has 1 N–H and O–H groups in total. The van der Waals surface area contributed by atoms with Crippen LogP contribution in [-0.2, 0) is 21.8 Å². The molecule has 0 bridgehead atoms. The first-order chi connectivity index (χ1) is 10.1. The van der Waals surface area contributed by atoms with E-state index in [2.05, 4.69) is 9.82 Å². The van der Waals surface area contributed by atoms with Gasteiger partial charge in [0.05, 0.1) is 12.0 Å². The maximum Gasteiger partial charge on any atom is 0.273 e. The van der Waals surface area contributed by atoms with Gasteiger partial charge in [-0.1, -0.05) is 0 Å². The lowest BCUT2D eigenvalue weighted by atomic mass is 9.99. The number of aromatic nitrogens is 2. The molecule has 0 aromatic carbocycles. The van der Waals surface area contributed by atoms with E-state index in [1.54, 1.807) is 16.9 Å². The highest BCUT2D eigenvalue weighted by atomic mass is 32.2. The Hall–Kier alpha value is -1.64. The first kappa shape index (κ1) is 14.3. The van der Waals surface area contributed by atoms with Crippen molar-refractivity contribution < 1.29 is 17.6 Å². The van der Waals surface area contributed by atoms with Crippen molar-refractivity contribution in [3.8, 4) is 0 Å². The molecule has 0 saturated carbocycles. The van der Waals surface area contributed by atoms with Gasteiger partial charge < -0.3 is 9.15 Å². The Morgan fingerprint density at radius 1 is 1.48 bits per heavy atom. The zero-order chi connectivity index (χ0) is 14.9. The fourth-order valence-electron chi connectivity index (χ4n) is 2.54. The summed E-state index contributed by atoms with van der Waals surface area (Å²) in [5.41, 5.74) is 0.953. The first-order valence-corrected chi connectivity index (χ1v) is 8.19. The van der Waals surface area contributed by atoms with Crippen molar-refractivity contribution in [2.24, 2.45) is 13.0 Å². The molecule has 1 saturated heterocycles. The van der Waals surface area contributed by atoms with Gasteiger partial charge in [-0.2, -0.15) is 5.10 Å². The van der Waals surface area contributed by atoms with E-state index in [1.165, 1.54) is 12.3 Å². The van der Waals surface area contributed by atoms with Crippen molar-refractivity contribution in [2.75, 3.05) is 13.2 Å². The molecule has 0 aliphatic carbocycles. The van der Waals surface area contributed by atoms with Gasteiger partial charge in [-0.25, -0.2) is 13.1 Å². The predicted molar refractivity (Wildman–Crippen MR) is 73.9 cm³/mol. The van der Waals surface area contributed by atoms with Gasteiger partial charge in [-0.15, -0.1) is 0 Å². The number of sulfonamides is 1. The molecule has 1 aliphatic heterocycles. The lowest BCUT2D eigenvalue weighted by Crippen LogP contribution is -2.30. The fourth-order valence-corrected chi connectivity index (χ4v) is 3.55. The van der Waals surface area contributed by atoms with Crippen LogP contribution in [0.5, 0.6) is 0 Å². The summed E-state index contributed by atoms with van der Waals surface area (Å²) in [5.74, 6) is 0.0742. The van der Waals surface area contributed by atoms with Gasteiger partial charge in [0, 0.05) is 32.3 Å². The van der Waals surface area contributed by atoms with Crippen LogP contribution in [0.25, 0.3) is 0 Å². The normalized spacial score (nSPS) is 22.7. The second-order valence-electron chi connectivity index (χ2n) is 5.00. The highest BCUT2D eigenvalue weighted by Gasteiger charge is 2.32. The summed E-state index contributed by atoms with van der Waals surface area (Å²) in [4.78, 5) is 0. The Bertz CT molecular complexity index is 693. The topological polar surface area (TPSA) is 86.4 Å². The average Bonchev–Trinajstić information content (AvgIpc) is 3.17. The van der Waals surface area contributed by atoms with Crippen LogP contribution in [0.2, 0.25) is 0 Å². The lowest BCUT2D eigenvalue weighted by Gasteiger charge is -2.18. The fraction of sp³-hybridized carbons (Fsp3) is 0.462. The second-order valence-corrected chi connectivity index (χ2v) is 6.70. The Balaban J connectivity index is 1.69. The number of nitrogens with zero attached hydrogens (tertiary/aromatic N) is 2. The van der Waals surface area contributed by atoms with Gasteiger partial charge >= 0.3 is 0 Å². The molecule has 21 heavy (non-hydrogen) atoms. The Morgan fingerprint density at radius 2 is 2.33 bits per heavy atom. The number of aryl methyl sites for hydroxylation is 1. The Labute approximate surface area is 122 Å². The molecule has 114 valence electrons. The molecule has 2 aromatic heterocycles. The van der Waals surface area contributed by atoms with Crippen LogP contribution in [0.1, 0.15) is 18.2 Å². The van der Waals surface area contributed by atoms with E-state index in [-0.39, 0.29) is 17.1 Å². The summed E-state index contributed by atoms with van der Waals surface area (Å²) in [7, 11) is -1.75. The van der Waals surface area contributed by atoms with Crippen LogP contribution in [0.15, 0.2) is 40.2 Å². The van der Waals surface area contributed by atoms with E-state index < -0.39 is 10.0 Å². The van der Waals surface area contributed by atoms with Crippen molar-refractivity contribution in [3.05, 3.63) is 36.4 Å². The molecule has 0 spiro atoms. The Morgan fingerprint density at radius 3 is 3.00 bits per heavy atom. The number of ether oxygens (including phenoxy) is 1. The van der Waals surface area contributed by atoms with Gasteiger partial charge in [0.15, 0.2) is 0 Å². The molecular weight excluding hydrogens is 294 g/mol. The first-order valence-electron chi connectivity index (χ1n) is 6.70. The molecule has 3 heterocycles. The lowest BCUT2D eigenvalue weighted by molar-refractivity contribution is 0.0850. The minimum atomic E-state index is -3.60. The third kappa shape index (κ3) is 2.87. The molecule has 8 heteroatoms. The van der Waals surface area contributed by atoms with Gasteiger partial charge in [0.1, 0.15) is 6.10 Å². The van der Waals surface area contributed by atoms with Gasteiger partial charge in [-0.05, 0) is 24.6 Å². The summed E-state index contributed by atoms with van der Waals surface area (Å²) in [6, 6.07) is 4.86. The van der Waals surface area contributed by atoms with Gasteiger partial charge in [0.2, 0.25) is 5.09 Å². The molecule has 7 nitrogen and oxygen atoms in total. The van der Waals surface area contributed by atoms with Gasteiger partial charge in [0.25, 0.3) is 10.0 Å². The zero-order valence-corrected chi connectivity index (χ0v) is 12.4. The van der Waals surface area contributed by atoms with Crippen LogP contribution < -0.4 is 4.72 Å². The van der Waals surface area contributed by atoms with Crippen molar-refractivity contribution >= 4 is 10.0 Å². The van der Waals surface area contributed by atoms with E-state index in [9.17, 15) is 8.42 Å². The summed E-state index contributed by atoms with van der Waals surface area (Å²) in [5, 5.41) is 4.06. The maximum absolute atomic E-state index is 12.0. The van der Waals surface area contributed by atoms with Gasteiger partial charge in [-0.3, -0.25) is 4.68 Å². The number of rotatable bonds is 5. The van der Waals surface area contributed by atoms with E-state index in [0.717, 1.165) is 12.1 Å². The molecule has 2 atom stereocenters. The molecule has 1 fully saturated rings. The van der Waals surface area contributed by atoms with Crippen LogP contribution >= 0.6 is 0 Å². The summed E-state index contributed by atoms with van der Waals surface area (Å²) in [6.45, 7) is 0.919. The van der Waals surface area contributed by atoms with E-state index in [0.29, 0.717) is 13.2 Å². The second kappa shape index (κ2) is 5.63. The number of hydrogen-bond acceptors (Lipinski definition) is 5. The molecule has 1 aliphatic rings. The van der Waals surface area contributed by atoms with Crippen LogP contribution in [0.4, 0.5) is 0 Å². The van der Waals surface area contributed by atoms with Crippen molar-refractivity contribution in [1.29, 1.82) is 0 Å². The van der Waals surface area contributed by atoms with E-state index in [4.69, 9.17) is 9.15 Å². The smallest absolute Gasteiger partial charge is 0.273 e.